The maximum atomic E-state index is 6.15. The van der Waals surface area contributed by atoms with Crippen LogP contribution in [0.3, 0.4) is 0 Å². The van der Waals surface area contributed by atoms with Crippen molar-refractivity contribution in [3.05, 3.63) is 42.0 Å². The summed E-state index contributed by atoms with van der Waals surface area (Å²) in [6, 6.07) is 10.1. The van der Waals surface area contributed by atoms with Crippen molar-refractivity contribution in [1.82, 2.24) is 10.1 Å². The van der Waals surface area contributed by atoms with Crippen molar-refractivity contribution in [2.24, 2.45) is 0 Å². The van der Waals surface area contributed by atoms with E-state index >= 15 is 0 Å². The molecule has 0 saturated carbocycles. The smallest absolute Gasteiger partial charge is 0.237 e. The summed E-state index contributed by atoms with van der Waals surface area (Å²) in [4.78, 5) is 5.50. The summed E-state index contributed by atoms with van der Waals surface area (Å²) in [6.07, 6.45) is 1.88. The molecule has 0 bridgehead atoms. The Hall–Kier alpha value is -1.00. The van der Waals surface area contributed by atoms with Gasteiger partial charge < -0.3 is 4.52 Å². The van der Waals surface area contributed by atoms with Crippen LogP contribution < -0.4 is 0 Å². The predicted molar refractivity (Wildman–Crippen MR) is 73.8 cm³/mol. The fraction of sp³-hybridized carbons (Fsp3) is 0.385. The van der Waals surface area contributed by atoms with Crippen molar-refractivity contribution in [1.29, 1.82) is 0 Å². The summed E-state index contributed by atoms with van der Waals surface area (Å²) in [5.41, 5.74) is 0. The second-order valence-corrected chi connectivity index (χ2v) is 5.48. The molecule has 3 nitrogen and oxygen atoms in total. The number of alkyl halides is 1. The number of hydrogen-bond donors (Lipinski definition) is 0. The average Bonchev–Trinajstić information content (AvgIpc) is 2.87. The van der Waals surface area contributed by atoms with Crippen LogP contribution in [0.25, 0.3) is 0 Å². The number of thioether (sulfide) groups is 1. The Labute approximate surface area is 116 Å². The fourth-order valence-corrected chi connectivity index (χ4v) is 2.56. The number of nitrogens with zero attached hydrogens (tertiary/aromatic N) is 2. The first-order valence-electron chi connectivity index (χ1n) is 5.94. The van der Waals surface area contributed by atoms with Gasteiger partial charge in [0, 0.05) is 4.90 Å². The quantitative estimate of drug-likeness (QED) is 0.580. The van der Waals surface area contributed by atoms with Crippen molar-refractivity contribution < 1.29 is 4.52 Å². The van der Waals surface area contributed by atoms with Gasteiger partial charge in [0.25, 0.3) is 0 Å². The standard InChI is InChI=1S/C13H15ClN2OS/c1-2-6-11(14)13-15-12(17-16-13)9-18-10-7-4-3-5-8-10/h3-5,7-8,11H,2,6,9H2,1H3. The Morgan fingerprint density at radius 2 is 2.11 bits per heavy atom. The number of hydrogen-bond acceptors (Lipinski definition) is 4. The van der Waals surface area contributed by atoms with Gasteiger partial charge in [0.1, 0.15) is 0 Å². The van der Waals surface area contributed by atoms with Gasteiger partial charge >= 0.3 is 0 Å². The Kier molecular flexibility index (Phi) is 5.08. The summed E-state index contributed by atoms with van der Waals surface area (Å²) in [5, 5.41) is 3.77. The fourth-order valence-electron chi connectivity index (χ4n) is 1.50. The van der Waals surface area contributed by atoms with Gasteiger partial charge in [-0.05, 0) is 18.6 Å². The molecule has 1 heterocycles. The van der Waals surface area contributed by atoms with Gasteiger partial charge in [-0.15, -0.1) is 23.4 Å². The van der Waals surface area contributed by atoms with Crippen LogP contribution in [0.5, 0.6) is 0 Å². The molecule has 1 aromatic heterocycles. The summed E-state index contributed by atoms with van der Waals surface area (Å²) in [7, 11) is 0. The lowest BCUT2D eigenvalue weighted by atomic mass is 10.2. The number of rotatable bonds is 6. The molecule has 2 rings (SSSR count). The van der Waals surface area contributed by atoms with E-state index in [4.69, 9.17) is 16.1 Å². The van der Waals surface area contributed by atoms with Gasteiger partial charge in [0.2, 0.25) is 5.89 Å². The lowest BCUT2D eigenvalue weighted by molar-refractivity contribution is 0.383. The summed E-state index contributed by atoms with van der Waals surface area (Å²) < 4.78 is 5.19. The number of aromatic nitrogens is 2. The van der Waals surface area contributed by atoms with E-state index in [9.17, 15) is 0 Å². The topological polar surface area (TPSA) is 38.9 Å². The van der Waals surface area contributed by atoms with Crippen LogP contribution in [0.2, 0.25) is 0 Å². The maximum Gasteiger partial charge on any atom is 0.237 e. The van der Waals surface area contributed by atoms with Crippen molar-refractivity contribution >= 4 is 23.4 Å². The molecule has 1 aromatic carbocycles. The molecule has 0 fully saturated rings. The molecule has 0 N–H and O–H groups in total. The summed E-state index contributed by atoms with van der Waals surface area (Å²) in [5.74, 6) is 1.90. The van der Waals surface area contributed by atoms with Crippen LogP contribution in [-0.4, -0.2) is 10.1 Å². The third-order valence-electron chi connectivity index (χ3n) is 2.41. The predicted octanol–water partition coefficient (Wildman–Crippen LogP) is 4.44. The highest BCUT2D eigenvalue weighted by molar-refractivity contribution is 7.98. The molecule has 5 heteroatoms. The maximum absolute atomic E-state index is 6.15. The molecule has 96 valence electrons. The Balaban J connectivity index is 1.91. The highest BCUT2D eigenvalue weighted by atomic mass is 35.5. The minimum absolute atomic E-state index is 0.144. The van der Waals surface area contributed by atoms with Crippen LogP contribution in [0.4, 0.5) is 0 Å². The zero-order valence-corrected chi connectivity index (χ0v) is 11.7. The minimum atomic E-state index is -0.144. The van der Waals surface area contributed by atoms with Gasteiger partial charge in [-0.1, -0.05) is 36.7 Å². The van der Waals surface area contributed by atoms with Crippen LogP contribution in [0.1, 0.15) is 36.9 Å². The normalized spacial score (nSPS) is 12.6. The van der Waals surface area contributed by atoms with E-state index < -0.39 is 0 Å². The second-order valence-electron chi connectivity index (χ2n) is 3.90. The van der Waals surface area contributed by atoms with E-state index in [1.165, 1.54) is 4.90 Å². The molecular weight excluding hydrogens is 268 g/mol. The highest BCUT2D eigenvalue weighted by Gasteiger charge is 2.14. The van der Waals surface area contributed by atoms with Gasteiger partial charge in [0.05, 0.1) is 11.1 Å². The molecule has 18 heavy (non-hydrogen) atoms. The molecular formula is C13H15ClN2OS. The van der Waals surface area contributed by atoms with E-state index in [0.29, 0.717) is 17.5 Å². The molecule has 0 aliphatic heterocycles. The molecule has 2 aromatic rings. The molecule has 1 unspecified atom stereocenters. The molecule has 0 spiro atoms. The Morgan fingerprint density at radius 1 is 1.33 bits per heavy atom. The molecule has 0 saturated heterocycles. The first kappa shape index (κ1) is 13.4. The highest BCUT2D eigenvalue weighted by Crippen LogP contribution is 2.25. The molecule has 0 aliphatic carbocycles. The van der Waals surface area contributed by atoms with E-state index in [1.54, 1.807) is 11.8 Å². The second kappa shape index (κ2) is 6.81. The number of benzene rings is 1. The summed E-state index contributed by atoms with van der Waals surface area (Å²) in [6.45, 7) is 2.08. The van der Waals surface area contributed by atoms with E-state index in [1.807, 2.05) is 18.2 Å². The minimum Gasteiger partial charge on any atom is -0.338 e. The first-order valence-corrected chi connectivity index (χ1v) is 7.36. The van der Waals surface area contributed by atoms with Crippen LogP contribution in [-0.2, 0) is 5.75 Å². The molecule has 1 atom stereocenters. The van der Waals surface area contributed by atoms with Crippen molar-refractivity contribution in [2.75, 3.05) is 0 Å². The van der Waals surface area contributed by atoms with E-state index in [0.717, 1.165) is 12.8 Å². The zero-order chi connectivity index (χ0) is 12.8. The lowest BCUT2D eigenvalue weighted by Gasteiger charge is -1.99. The molecule has 0 aliphatic rings. The third kappa shape index (κ3) is 3.75. The molecule has 0 radical (unpaired) electrons. The average molecular weight is 283 g/mol. The van der Waals surface area contributed by atoms with Gasteiger partial charge in [-0.3, -0.25) is 0 Å². The first-order chi connectivity index (χ1) is 8.79. The van der Waals surface area contributed by atoms with Gasteiger partial charge in [-0.2, -0.15) is 4.98 Å². The van der Waals surface area contributed by atoms with Gasteiger partial charge in [0.15, 0.2) is 5.82 Å². The molecule has 0 amide bonds. The summed E-state index contributed by atoms with van der Waals surface area (Å²) >= 11 is 7.82. The zero-order valence-electron chi connectivity index (χ0n) is 10.2. The largest absolute Gasteiger partial charge is 0.338 e. The SMILES string of the molecule is CCCC(Cl)c1noc(CSc2ccccc2)n1. The Bertz CT molecular complexity index is 475. The van der Waals surface area contributed by atoms with Crippen LogP contribution in [0.15, 0.2) is 39.8 Å². The van der Waals surface area contributed by atoms with Crippen LogP contribution >= 0.6 is 23.4 Å². The Morgan fingerprint density at radius 3 is 2.83 bits per heavy atom. The van der Waals surface area contributed by atoms with Crippen molar-refractivity contribution in [3.63, 3.8) is 0 Å². The van der Waals surface area contributed by atoms with E-state index in [-0.39, 0.29) is 5.38 Å². The lowest BCUT2D eigenvalue weighted by Crippen LogP contribution is -1.92. The van der Waals surface area contributed by atoms with Crippen molar-refractivity contribution in [3.8, 4) is 0 Å². The van der Waals surface area contributed by atoms with Crippen LogP contribution in [0, 0.1) is 0 Å². The van der Waals surface area contributed by atoms with E-state index in [2.05, 4.69) is 29.2 Å². The monoisotopic (exact) mass is 282 g/mol. The third-order valence-corrected chi connectivity index (χ3v) is 3.82. The number of halogens is 1. The van der Waals surface area contributed by atoms with Crippen molar-refractivity contribution in [2.45, 2.75) is 35.8 Å². The van der Waals surface area contributed by atoms with Gasteiger partial charge in [-0.25, -0.2) is 0 Å².